The smallest absolute Gasteiger partial charge is 0.326 e. The van der Waals surface area contributed by atoms with Crippen LogP contribution in [0.4, 0.5) is 0 Å². The third-order valence-electron chi connectivity index (χ3n) is 3.33. The standard InChI is InChI=1S/C13H16N2O5S/c16-12(15-8-4-7-11(15)13(17)18)9-14-21(19,20)10-5-2-1-3-6-10/h1-3,5-6,11,14H,4,7-9H2,(H,17,18). The molecule has 0 aromatic heterocycles. The van der Waals surface area contributed by atoms with Crippen LogP contribution in [0, 0.1) is 0 Å². The molecule has 1 saturated heterocycles. The molecule has 0 radical (unpaired) electrons. The van der Waals surface area contributed by atoms with Gasteiger partial charge in [-0.05, 0) is 25.0 Å². The van der Waals surface area contributed by atoms with E-state index < -0.39 is 34.5 Å². The van der Waals surface area contributed by atoms with E-state index in [-0.39, 0.29) is 4.90 Å². The molecule has 1 amide bonds. The van der Waals surface area contributed by atoms with Crippen LogP contribution < -0.4 is 4.72 Å². The van der Waals surface area contributed by atoms with Crippen LogP contribution in [0.1, 0.15) is 12.8 Å². The van der Waals surface area contributed by atoms with Crippen LogP contribution in [-0.4, -0.2) is 49.4 Å². The zero-order chi connectivity index (χ0) is 15.5. The first-order chi connectivity index (χ1) is 9.92. The highest BCUT2D eigenvalue weighted by Gasteiger charge is 2.34. The predicted molar refractivity (Wildman–Crippen MR) is 74.0 cm³/mol. The number of aliphatic carboxylic acids is 1. The van der Waals surface area contributed by atoms with Gasteiger partial charge in [-0.15, -0.1) is 0 Å². The molecule has 1 fully saturated rings. The highest BCUT2D eigenvalue weighted by atomic mass is 32.2. The van der Waals surface area contributed by atoms with Gasteiger partial charge in [0.25, 0.3) is 0 Å². The van der Waals surface area contributed by atoms with E-state index >= 15 is 0 Å². The Morgan fingerprint density at radius 3 is 2.57 bits per heavy atom. The van der Waals surface area contributed by atoms with Crippen LogP contribution in [0.5, 0.6) is 0 Å². The van der Waals surface area contributed by atoms with Crippen molar-refractivity contribution in [3.63, 3.8) is 0 Å². The molecule has 2 rings (SSSR count). The Kier molecular flexibility index (Phi) is 4.59. The molecule has 1 aliphatic heterocycles. The van der Waals surface area contributed by atoms with Crippen LogP contribution in [0.2, 0.25) is 0 Å². The number of carbonyl (C=O) groups excluding carboxylic acids is 1. The monoisotopic (exact) mass is 312 g/mol. The molecule has 1 aromatic carbocycles. The van der Waals surface area contributed by atoms with Crippen LogP contribution in [0.3, 0.4) is 0 Å². The van der Waals surface area contributed by atoms with E-state index in [0.29, 0.717) is 19.4 Å². The van der Waals surface area contributed by atoms with Crippen LogP contribution in [-0.2, 0) is 19.6 Å². The second-order valence-electron chi connectivity index (χ2n) is 4.72. The molecule has 0 spiro atoms. The molecular weight excluding hydrogens is 296 g/mol. The van der Waals surface area contributed by atoms with Crippen LogP contribution in [0.15, 0.2) is 35.2 Å². The summed E-state index contributed by atoms with van der Waals surface area (Å²) in [5.74, 6) is -1.59. The first-order valence-electron chi connectivity index (χ1n) is 6.49. The summed E-state index contributed by atoms with van der Waals surface area (Å²) in [7, 11) is -3.77. The lowest BCUT2D eigenvalue weighted by Gasteiger charge is -2.21. The molecule has 2 N–H and O–H groups in total. The predicted octanol–water partition coefficient (Wildman–Crippen LogP) is 0.0405. The van der Waals surface area contributed by atoms with Gasteiger partial charge in [-0.3, -0.25) is 4.79 Å². The second kappa shape index (κ2) is 6.23. The third kappa shape index (κ3) is 3.59. The van der Waals surface area contributed by atoms with Gasteiger partial charge in [0.15, 0.2) is 0 Å². The van der Waals surface area contributed by atoms with Crippen molar-refractivity contribution < 1.29 is 23.1 Å². The molecule has 114 valence electrons. The number of sulfonamides is 1. The molecule has 1 unspecified atom stereocenters. The van der Waals surface area contributed by atoms with Crippen LogP contribution >= 0.6 is 0 Å². The van der Waals surface area contributed by atoms with Gasteiger partial charge in [0.1, 0.15) is 6.04 Å². The number of likely N-dealkylation sites (tertiary alicyclic amines) is 1. The average molecular weight is 312 g/mol. The number of amides is 1. The number of benzene rings is 1. The number of hydrogen-bond donors (Lipinski definition) is 2. The van der Waals surface area contributed by atoms with Gasteiger partial charge in [0.2, 0.25) is 15.9 Å². The lowest BCUT2D eigenvalue weighted by atomic mass is 10.2. The summed E-state index contributed by atoms with van der Waals surface area (Å²) >= 11 is 0. The molecular formula is C13H16N2O5S. The summed E-state index contributed by atoms with van der Waals surface area (Å²) in [4.78, 5) is 24.2. The average Bonchev–Trinajstić information content (AvgIpc) is 2.95. The Bertz CT molecular complexity index is 629. The topological polar surface area (TPSA) is 104 Å². The first kappa shape index (κ1) is 15.5. The lowest BCUT2D eigenvalue weighted by Crippen LogP contribution is -2.45. The number of carbonyl (C=O) groups is 2. The lowest BCUT2D eigenvalue weighted by molar-refractivity contribution is -0.147. The number of rotatable bonds is 5. The number of carboxylic acid groups (broad SMARTS) is 1. The maximum atomic E-state index is 12.0. The van der Waals surface area contributed by atoms with Crippen molar-refractivity contribution in [1.82, 2.24) is 9.62 Å². The maximum absolute atomic E-state index is 12.0. The molecule has 21 heavy (non-hydrogen) atoms. The quantitative estimate of drug-likeness (QED) is 0.799. The number of nitrogens with one attached hydrogen (secondary N) is 1. The summed E-state index contributed by atoms with van der Waals surface area (Å²) in [6.45, 7) is -0.107. The Balaban J connectivity index is 2.00. The summed E-state index contributed by atoms with van der Waals surface area (Å²) in [5, 5.41) is 9.01. The Morgan fingerprint density at radius 2 is 1.95 bits per heavy atom. The van der Waals surface area contributed by atoms with Crippen molar-refractivity contribution in [1.29, 1.82) is 0 Å². The summed E-state index contributed by atoms with van der Waals surface area (Å²) < 4.78 is 26.1. The zero-order valence-electron chi connectivity index (χ0n) is 11.2. The fraction of sp³-hybridized carbons (Fsp3) is 0.385. The number of nitrogens with zero attached hydrogens (tertiary/aromatic N) is 1. The Labute approximate surface area is 122 Å². The van der Waals surface area contributed by atoms with Crippen molar-refractivity contribution in [2.45, 2.75) is 23.8 Å². The van der Waals surface area contributed by atoms with Crippen LogP contribution in [0.25, 0.3) is 0 Å². The van der Waals surface area contributed by atoms with Gasteiger partial charge >= 0.3 is 5.97 Å². The van der Waals surface area contributed by atoms with E-state index in [0.717, 1.165) is 0 Å². The van der Waals surface area contributed by atoms with Crippen molar-refractivity contribution in [2.24, 2.45) is 0 Å². The van der Waals surface area contributed by atoms with Crippen molar-refractivity contribution in [3.05, 3.63) is 30.3 Å². The van der Waals surface area contributed by atoms with Gasteiger partial charge < -0.3 is 10.0 Å². The summed E-state index contributed by atoms with van der Waals surface area (Å²) in [5.41, 5.74) is 0. The zero-order valence-corrected chi connectivity index (χ0v) is 12.0. The molecule has 1 aromatic rings. The molecule has 1 atom stereocenters. The minimum absolute atomic E-state index is 0.0639. The Morgan fingerprint density at radius 1 is 1.29 bits per heavy atom. The molecule has 7 nitrogen and oxygen atoms in total. The van der Waals surface area contributed by atoms with Gasteiger partial charge in [0.05, 0.1) is 11.4 Å². The molecule has 1 heterocycles. The van der Waals surface area contributed by atoms with Gasteiger partial charge in [-0.1, -0.05) is 18.2 Å². The van der Waals surface area contributed by atoms with E-state index in [1.165, 1.54) is 17.0 Å². The molecule has 0 aliphatic carbocycles. The fourth-order valence-corrected chi connectivity index (χ4v) is 3.26. The Hall–Kier alpha value is -1.93. The minimum Gasteiger partial charge on any atom is -0.480 e. The van der Waals surface area contributed by atoms with Crippen molar-refractivity contribution >= 4 is 21.9 Å². The molecule has 0 bridgehead atoms. The normalized spacial score (nSPS) is 18.7. The maximum Gasteiger partial charge on any atom is 0.326 e. The highest BCUT2D eigenvalue weighted by molar-refractivity contribution is 7.89. The number of hydrogen-bond acceptors (Lipinski definition) is 4. The summed E-state index contributed by atoms with van der Waals surface area (Å²) in [6.07, 6.45) is 1.00. The first-order valence-corrected chi connectivity index (χ1v) is 7.97. The van der Waals surface area contributed by atoms with Crippen molar-refractivity contribution in [3.8, 4) is 0 Å². The molecule has 0 saturated carbocycles. The third-order valence-corrected chi connectivity index (χ3v) is 4.74. The van der Waals surface area contributed by atoms with Crippen molar-refractivity contribution in [2.75, 3.05) is 13.1 Å². The van der Waals surface area contributed by atoms with Gasteiger partial charge in [-0.25, -0.2) is 17.9 Å². The van der Waals surface area contributed by atoms with E-state index in [1.807, 2.05) is 0 Å². The SMILES string of the molecule is O=C(O)C1CCCN1C(=O)CNS(=O)(=O)c1ccccc1. The van der Waals surface area contributed by atoms with Gasteiger partial charge in [-0.2, -0.15) is 0 Å². The van der Waals surface area contributed by atoms with E-state index in [4.69, 9.17) is 5.11 Å². The van der Waals surface area contributed by atoms with E-state index in [2.05, 4.69) is 4.72 Å². The fourth-order valence-electron chi connectivity index (χ4n) is 2.26. The number of carboxylic acids is 1. The summed E-state index contributed by atoms with van der Waals surface area (Å²) in [6, 6.07) is 6.82. The van der Waals surface area contributed by atoms with E-state index in [9.17, 15) is 18.0 Å². The second-order valence-corrected chi connectivity index (χ2v) is 6.49. The van der Waals surface area contributed by atoms with Gasteiger partial charge in [0, 0.05) is 6.54 Å². The highest BCUT2D eigenvalue weighted by Crippen LogP contribution is 2.17. The largest absolute Gasteiger partial charge is 0.480 e. The molecule has 1 aliphatic rings. The minimum atomic E-state index is -3.77. The molecule has 8 heteroatoms. The van der Waals surface area contributed by atoms with E-state index in [1.54, 1.807) is 18.2 Å².